The van der Waals surface area contributed by atoms with E-state index in [1.807, 2.05) is 48.6 Å². The summed E-state index contributed by atoms with van der Waals surface area (Å²) in [7, 11) is 8.72. The van der Waals surface area contributed by atoms with Crippen LogP contribution in [0.1, 0.15) is 55.4 Å². The average molecular weight is 697 g/mol. The lowest BCUT2D eigenvalue weighted by molar-refractivity contribution is -0.134. The van der Waals surface area contributed by atoms with Crippen LogP contribution in [0, 0.1) is 0 Å². The Kier molecular flexibility index (Phi) is 17.5. The van der Waals surface area contributed by atoms with Gasteiger partial charge in [0.25, 0.3) is 0 Å². The summed E-state index contributed by atoms with van der Waals surface area (Å²) in [4.78, 5) is 44.1. The number of rotatable bonds is 21. The summed E-state index contributed by atoms with van der Waals surface area (Å²) in [5, 5.41) is 11.9. The van der Waals surface area contributed by atoms with Crippen LogP contribution in [0.15, 0.2) is 0 Å². The Bertz CT molecular complexity index is 955. The second-order valence-electron chi connectivity index (χ2n) is 12.9. The predicted molar refractivity (Wildman–Crippen MR) is 189 cm³/mol. The van der Waals surface area contributed by atoms with E-state index in [0.29, 0.717) is 25.4 Å². The van der Waals surface area contributed by atoms with Crippen LogP contribution in [0.25, 0.3) is 0 Å². The maximum absolute atomic E-state index is 14.2. The molecule has 0 aromatic heterocycles. The highest BCUT2D eigenvalue weighted by molar-refractivity contribution is 8.01. The summed E-state index contributed by atoms with van der Waals surface area (Å²) in [5.41, 5.74) is -0.369. The van der Waals surface area contributed by atoms with Crippen molar-refractivity contribution in [1.82, 2.24) is 31.1 Å². The lowest BCUT2D eigenvalue weighted by Crippen LogP contribution is -2.61. The molecule has 0 aromatic carbocycles. The molecular formula is C30H60N6O6S3. The molecule has 3 amide bonds. The van der Waals surface area contributed by atoms with Gasteiger partial charge in [-0.25, -0.2) is 0 Å². The fourth-order valence-electron chi connectivity index (χ4n) is 4.23. The topological polar surface area (TPSA) is 134 Å². The number of hydrogen-bond acceptors (Lipinski definition) is 12. The Labute approximate surface area is 284 Å². The highest BCUT2D eigenvalue weighted by Gasteiger charge is 2.44. The van der Waals surface area contributed by atoms with Gasteiger partial charge < -0.3 is 35.5 Å². The van der Waals surface area contributed by atoms with Gasteiger partial charge in [0.2, 0.25) is 17.7 Å². The van der Waals surface area contributed by atoms with Crippen LogP contribution in [-0.4, -0.2) is 145 Å². The van der Waals surface area contributed by atoms with Crippen molar-refractivity contribution in [3.63, 3.8) is 0 Å². The number of nitrogens with zero attached hydrogens (tertiary/aromatic N) is 2. The summed E-state index contributed by atoms with van der Waals surface area (Å²) < 4.78 is 16.8. The molecule has 1 aliphatic rings. The summed E-state index contributed by atoms with van der Waals surface area (Å²) in [6.45, 7) is 18.3. The molecule has 0 bridgehead atoms. The van der Waals surface area contributed by atoms with Crippen LogP contribution >= 0.6 is 35.3 Å². The van der Waals surface area contributed by atoms with Crippen molar-refractivity contribution < 1.29 is 28.6 Å². The molecule has 15 heteroatoms. The molecule has 0 aliphatic carbocycles. The standard InChI is InChI=1S/C30H60N6O6S3/c1-27(2)35(10)16-17-36(27)23(20-45-30(7,8)42-13)26(39)34-22(19-44-29(5,6)41-12)25(38)33-21(18-43-28(3,4)40-11)24(37)32-15-14-31-9/h21-23,31H,14-20H2,1-13H3,(H,32,37)(H,33,38)(H,34,39)/t21-,22-,23-/m0/s1. The molecule has 45 heavy (non-hydrogen) atoms. The number of carbonyl (C=O) groups excluding carboxylic acids is 3. The zero-order valence-corrected chi connectivity index (χ0v) is 32.2. The fraction of sp³-hybridized carbons (Fsp3) is 0.900. The van der Waals surface area contributed by atoms with Gasteiger partial charge in [0.1, 0.15) is 26.9 Å². The molecule has 0 saturated carbocycles. The zero-order chi connectivity index (χ0) is 34.6. The minimum Gasteiger partial charge on any atom is -0.368 e. The maximum atomic E-state index is 14.2. The van der Waals surface area contributed by atoms with Crippen molar-refractivity contribution >= 4 is 53.0 Å². The van der Waals surface area contributed by atoms with Crippen molar-refractivity contribution in [3.8, 4) is 0 Å². The maximum Gasteiger partial charge on any atom is 0.244 e. The summed E-state index contributed by atoms with van der Waals surface area (Å²) in [5.74, 6) is 0.0115. The Morgan fingerprint density at radius 2 is 1.18 bits per heavy atom. The first-order valence-corrected chi connectivity index (χ1v) is 18.3. The third-order valence-corrected chi connectivity index (χ3v) is 12.3. The van der Waals surface area contributed by atoms with Crippen LogP contribution < -0.4 is 21.3 Å². The van der Waals surface area contributed by atoms with Crippen LogP contribution in [0.3, 0.4) is 0 Å². The van der Waals surface area contributed by atoms with Gasteiger partial charge in [-0.05, 0) is 69.5 Å². The van der Waals surface area contributed by atoms with E-state index in [9.17, 15) is 14.4 Å². The van der Waals surface area contributed by atoms with Gasteiger partial charge in [0, 0.05) is 64.8 Å². The molecule has 3 atom stereocenters. The summed E-state index contributed by atoms with van der Waals surface area (Å²) >= 11 is 4.40. The largest absolute Gasteiger partial charge is 0.368 e. The van der Waals surface area contributed by atoms with Gasteiger partial charge >= 0.3 is 0 Å². The van der Waals surface area contributed by atoms with Gasteiger partial charge in [0.05, 0.1) is 11.7 Å². The highest BCUT2D eigenvalue weighted by atomic mass is 32.2. The lowest BCUT2D eigenvalue weighted by atomic mass is 10.1. The lowest BCUT2D eigenvalue weighted by Gasteiger charge is -2.41. The molecule has 0 spiro atoms. The van der Waals surface area contributed by atoms with Gasteiger partial charge in [0.15, 0.2) is 0 Å². The molecule has 1 aliphatic heterocycles. The number of methoxy groups -OCH3 is 3. The van der Waals surface area contributed by atoms with E-state index in [4.69, 9.17) is 14.2 Å². The van der Waals surface area contributed by atoms with Crippen molar-refractivity contribution in [3.05, 3.63) is 0 Å². The molecule has 1 saturated heterocycles. The number of thioether (sulfide) groups is 3. The number of ether oxygens (including phenoxy) is 3. The van der Waals surface area contributed by atoms with Gasteiger partial charge in [-0.2, -0.15) is 0 Å². The first-order chi connectivity index (χ1) is 20.8. The Morgan fingerprint density at radius 3 is 1.60 bits per heavy atom. The van der Waals surface area contributed by atoms with E-state index >= 15 is 0 Å². The Morgan fingerprint density at radius 1 is 0.733 bits per heavy atom. The fourth-order valence-corrected chi connectivity index (χ4v) is 7.08. The number of carbonyl (C=O) groups is 3. The number of amides is 3. The Hall–Kier alpha value is -0.780. The quantitative estimate of drug-likeness (QED) is 0.103. The number of likely N-dealkylation sites (N-methyl/N-ethyl adjacent to an activating group) is 2. The van der Waals surface area contributed by atoms with Crippen molar-refractivity contribution in [1.29, 1.82) is 0 Å². The third-order valence-electron chi connectivity index (χ3n) is 8.19. The molecule has 1 heterocycles. The molecular weight excluding hydrogens is 637 g/mol. The van der Waals surface area contributed by atoms with E-state index in [-0.39, 0.29) is 29.0 Å². The minimum atomic E-state index is -0.920. The van der Waals surface area contributed by atoms with Crippen LogP contribution in [0.2, 0.25) is 0 Å². The van der Waals surface area contributed by atoms with E-state index in [0.717, 1.165) is 6.54 Å². The smallest absolute Gasteiger partial charge is 0.244 e. The predicted octanol–water partition coefficient (Wildman–Crippen LogP) is 1.99. The number of nitrogens with one attached hydrogen (secondary N) is 4. The molecule has 12 nitrogen and oxygen atoms in total. The molecule has 0 radical (unpaired) electrons. The van der Waals surface area contributed by atoms with Gasteiger partial charge in [-0.15, -0.1) is 35.3 Å². The van der Waals surface area contributed by atoms with E-state index in [1.54, 1.807) is 40.1 Å². The molecule has 0 unspecified atom stereocenters. The first-order valence-electron chi connectivity index (χ1n) is 15.3. The van der Waals surface area contributed by atoms with Gasteiger partial charge in [-0.1, -0.05) is 0 Å². The van der Waals surface area contributed by atoms with Crippen LogP contribution in [0.4, 0.5) is 0 Å². The SMILES string of the molecule is CNCCNC(=O)[C@H](CSC(C)(C)OC)NC(=O)[C@H](CSC(C)(C)OC)NC(=O)[C@H](CSC(C)(C)OC)N1CCN(C)C1(C)C. The molecule has 4 N–H and O–H groups in total. The second kappa shape index (κ2) is 18.7. The monoisotopic (exact) mass is 696 g/mol. The van der Waals surface area contributed by atoms with Crippen LogP contribution in [-0.2, 0) is 28.6 Å². The van der Waals surface area contributed by atoms with E-state index in [2.05, 4.69) is 44.9 Å². The van der Waals surface area contributed by atoms with Gasteiger partial charge in [-0.3, -0.25) is 24.2 Å². The normalized spacial score (nSPS) is 18.3. The molecule has 1 fully saturated rings. The summed E-state index contributed by atoms with van der Waals surface area (Å²) in [6, 6.07) is -2.29. The highest BCUT2D eigenvalue weighted by Crippen LogP contribution is 2.32. The van der Waals surface area contributed by atoms with E-state index < -0.39 is 38.8 Å². The first kappa shape index (κ1) is 42.2. The summed E-state index contributed by atoms with van der Waals surface area (Å²) in [6.07, 6.45) is 0. The minimum absolute atomic E-state index is 0.246. The zero-order valence-electron chi connectivity index (χ0n) is 29.8. The van der Waals surface area contributed by atoms with E-state index in [1.165, 1.54) is 23.5 Å². The number of hydrogen-bond donors (Lipinski definition) is 4. The Balaban J connectivity index is 3.34. The molecule has 264 valence electrons. The van der Waals surface area contributed by atoms with Crippen molar-refractivity contribution in [2.75, 3.05) is 78.9 Å². The van der Waals surface area contributed by atoms with Crippen molar-refractivity contribution in [2.24, 2.45) is 0 Å². The molecule has 0 aromatic rings. The van der Waals surface area contributed by atoms with Crippen LogP contribution in [0.5, 0.6) is 0 Å². The molecule has 1 rings (SSSR count). The third kappa shape index (κ3) is 14.1. The van der Waals surface area contributed by atoms with Crippen molar-refractivity contribution in [2.45, 2.75) is 94.0 Å². The second-order valence-corrected chi connectivity index (χ2v) is 17.7. The average Bonchev–Trinajstić information content (AvgIpc) is 3.24.